The fourth-order valence-corrected chi connectivity index (χ4v) is 5.63. The summed E-state index contributed by atoms with van der Waals surface area (Å²) in [6.07, 6.45) is 0. The number of sulfonamides is 1. The van der Waals surface area contributed by atoms with Crippen molar-refractivity contribution in [1.82, 2.24) is 10.2 Å². The topological polar surface area (TPSA) is 96.0 Å². The monoisotopic (exact) mass is 551 g/mol. The van der Waals surface area contributed by atoms with Crippen LogP contribution in [0.5, 0.6) is 5.75 Å². The van der Waals surface area contributed by atoms with Gasteiger partial charge in [-0.1, -0.05) is 48.0 Å². The molecule has 0 heterocycles. The lowest BCUT2D eigenvalue weighted by Crippen LogP contribution is -2.52. The Hall–Kier alpha value is -3.85. The van der Waals surface area contributed by atoms with Gasteiger partial charge < -0.3 is 15.0 Å². The van der Waals surface area contributed by atoms with Crippen LogP contribution in [0, 0.1) is 13.8 Å². The van der Waals surface area contributed by atoms with Gasteiger partial charge in [0.1, 0.15) is 18.3 Å². The Morgan fingerprint density at radius 1 is 0.923 bits per heavy atom. The van der Waals surface area contributed by atoms with E-state index in [0.717, 1.165) is 15.4 Å². The number of hydrogen-bond donors (Lipinski definition) is 1. The highest BCUT2D eigenvalue weighted by Gasteiger charge is 2.33. The Labute approximate surface area is 231 Å². The molecule has 208 valence electrons. The predicted octanol–water partition coefficient (Wildman–Crippen LogP) is 4.45. The average Bonchev–Trinajstić information content (AvgIpc) is 2.90. The average molecular weight is 552 g/mol. The van der Waals surface area contributed by atoms with Crippen molar-refractivity contribution < 1.29 is 22.7 Å². The second-order valence-electron chi connectivity index (χ2n) is 9.82. The van der Waals surface area contributed by atoms with E-state index < -0.39 is 28.5 Å². The van der Waals surface area contributed by atoms with Gasteiger partial charge in [-0.15, -0.1) is 0 Å². The van der Waals surface area contributed by atoms with E-state index in [1.165, 1.54) is 17.0 Å². The first-order valence-corrected chi connectivity index (χ1v) is 14.3. The smallest absolute Gasteiger partial charge is 0.264 e. The van der Waals surface area contributed by atoms with Gasteiger partial charge in [0, 0.05) is 12.6 Å². The van der Waals surface area contributed by atoms with Crippen LogP contribution in [-0.4, -0.2) is 50.9 Å². The van der Waals surface area contributed by atoms with Gasteiger partial charge in [0.25, 0.3) is 10.0 Å². The van der Waals surface area contributed by atoms with Crippen LogP contribution in [-0.2, 0) is 26.2 Å². The van der Waals surface area contributed by atoms with E-state index in [0.29, 0.717) is 17.0 Å². The Balaban J connectivity index is 2.05. The maximum absolute atomic E-state index is 14.0. The number of aryl methyl sites for hydroxylation is 2. The zero-order chi connectivity index (χ0) is 28.7. The fourth-order valence-electron chi connectivity index (χ4n) is 4.15. The van der Waals surface area contributed by atoms with Gasteiger partial charge in [-0.2, -0.15) is 0 Å². The second-order valence-corrected chi connectivity index (χ2v) is 11.7. The number of rotatable bonds is 11. The van der Waals surface area contributed by atoms with Crippen molar-refractivity contribution in [3.8, 4) is 5.75 Å². The molecule has 0 aromatic heterocycles. The normalized spacial score (nSPS) is 12.1. The molecule has 3 aromatic rings. The number of carbonyl (C=O) groups excluding carboxylic acids is 2. The van der Waals surface area contributed by atoms with Gasteiger partial charge in [0.2, 0.25) is 11.8 Å². The van der Waals surface area contributed by atoms with Gasteiger partial charge in [-0.25, -0.2) is 8.42 Å². The number of ether oxygens (including phenoxy) is 1. The maximum atomic E-state index is 14.0. The SMILES string of the molecule is COc1cccc(CN(C(=O)CN(c2ccccc2C)S(=O)(=O)c2ccc(C)cc2)C(C)C(=O)NC(C)C)c1. The van der Waals surface area contributed by atoms with E-state index in [-0.39, 0.29) is 23.4 Å². The zero-order valence-corrected chi connectivity index (χ0v) is 24.2. The van der Waals surface area contributed by atoms with E-state index in [1.54, 1.807) is 69.5 Å². The number of nitrogens with zero attached hydrogens (tertiary/aromatic N) is 2. The molecule has 2 amide bonds. The summed E-state index contributed by atoms with van der Waals surface area (Å²) in [5.74, 6) is -0.226. The molecule has 1 unspecified atom stereocenters. The Morgan fingerprint density at radius 2 is 1.59 bits per heavy atom. The number of hydrogen-bond acceptors (Lipinski definition) is 5. The van der Waals surface area contributed by atoms with Crippen LogP contribution in [0.3, 0.4) is 0 Å². The molecule has 0 bridgehead atoms. The Bertz CT molecular complexity index is 1400. The van der Waals surface area contributed by atoms with E-state index >= 15 is 0 Å². The lowest BCUT2D eigenvalue weighted by Gasteiger charge is -2.32. The standard InChI is InChI=1S/C30H37N3O5S/c1-21(2)31-30(35)24(5)32(19-25-11-9-12-26(18-25)38-6)29(34)20-33(28-13-8-7-10-23(28)4)39(36,37)27-16-14-22(3)15-17-27/h7-18,21,24H,19-20H2,1-6H3,(H,31,35). The molecule has 1 N–H and O–H groups in total. The van der Waals surface area contributed by atoms with Crippen molar-refractivity contribution in [2.75, 3.05) is 18.0 Å². The number of para-hydroxylation sites is 1. The maximum Gasteiger partial charge on any atom is 0.264 e. The van der Waals surface area contributed by atoms with Crippen LogP contribution in [0.15, 0.2) is 77.7 Å². The van der Waals surface area contributed by atoms with Crippen LogP contribution in [0.4, 0.5) is 5.69 Å². The molecule has 8 nitrogen and oxygen atoms in total. The highest BCUT2D eigenvalue weighted by molar-refractivity contribution is 7.92. The first-order valence-electron chi connectivity index (χ1n) is 12.8. The molecule has 3 aromatic carbocycles. The summed E-state index contributed by atoms with van der Waals surface area (Å²) >= 11 is 0. The highest BCUT2D eigenvalue weighted by atomic mass is 32.2. The van der Waals surface area contributed by atoms with E-state index in [1.807, 2.05) is 32.9 Å². The van der Waals surface area contributed by atoms with Crippen molar-refractivity contribution in [2.45, 2.75) is 58.1 Å². The summed E-state index contributed by atoms with van der Waals surface area (Å²) in [6.45, 7) is 8.60. The minimum absolute atomic E-state index is 0.0779. The third kappa shape index (κ3) is 7.38. The summed E-state index contributed by atoms with van der Waals surface area (Å²) < 4.78 is 34.3. The number of nitrogens with one attached hydrogen (secondary N) is 1. The van der Waals surface area contributed by atoms with Crippen molar-refractivity contribution in [3.63, 3.8) is 0 Å². The summed E-state index contributed by atoms with van der Waals surface area (Å²) in [6, 6.07) is 19.8. The van der Waals surface area contributed by atoms with E-state index in [9.17, 15) is 18.0 Å². The van der Waals surface area contributed by atoms with Gasteiger partial charge in [0.15, 0.2) is 0 Å². The summed E-state index contributed by atoms with van der Waals surface area (Å²) in [5, 5.41) is 2.85. The van der Waals surface area contributed by atoms with Crippen LogP contribution in [0.1, 0.15) is 37.5 Å². The summed E-state index contributed by atoms with van der Waals surface area (Å²) in [4.78, 5) is 28.5. The minimum Gasteiger partial charge on any atom is -0.497 e. The third-order valence-electron chi connectivity index (χ3n) is 6.36. The molecular weight excluding hydrogens is 514 g/mol. The predicted molar refractivity (Wildman–Crippen MR) is 153 cm³/mol. The van der Waals surface area contributed by atoms with Gasteiger partial charge >= 0.3 is 0 Å². The number of carbonyl (C=O) groups is 2. The Morgan fingerprint density at radius 3 is 2.21 bits per heavy atom. The lowest BCUT2D eigenvalue weighted by molar-refractivity contribution is -0.139. The van der Waals surface area contributed by atoms with Gasteiger partial charge in [0.05, 0.1) is 17.7 Å². The largest absolute Gasteiger partial charge is 0.497 e. The highest BCUT2D eigenvalue weighted by Crippen LogP contribution is 2.27. The molecule has 0 aliphatic rings. The number of amides is 2. The number of benzene rings is 3. The van der Waals surface area contributed by atoms with Crippen LogP contribution in [0.25, 0.3) is 0 Å². The van der Waals surface area contributed by atoms with Gasteiger partial charge in [-0.3, -0.25) is 13.9 Å². The van der Waals surface area contributed by atoms with Crippen molar-refractivity contribution in [3.05, 3.63) is 89.5 Å². The lowest BCUT2D eigenvalue weighted by atomic mass is 10.1. The molecule has 0 aliphatic carbocycles. The molecule has 3 rings (SSSR count). The fraction of sp³-hybridized carbons (Fsp3) is 0.333. The molecule has 0 spiro atoms. The molecule has 0 saturated heterocycles. The van der Waals surface area contributed by atoms with Gasteiger partial charge in [-0.05, 0) is 76.1 Å². The van der Waals surface area contributed by atoms with Crippen molar-refractivity contribution in [2.24, 2.45) is 0 Å². The second kappa shape index (κ2) is 12.8. The van der Waals surface area contributed by atoms with Crippen molar-refractivity contribution >= 4 is 27.5 Å². The number of anilines is 1. The molecule has 0 aliphatic heterocycles. The van der Waals surface area contributed by atoms with Crippen LogP contribution >= 0.6 is 0 Å². The minimum atomic E-state index is -4.11. The molecule has 0 fully saturated rings. The first kappa shape index (κ1) is 29.7. The molecule has 39 heavy (non-hydrogen) atoms. The quantitative estimate of drug-likeness (QED) is 0.380. The molecule has 0 saturated carbocycles. The van der Waals surface area contributed by atoms with Crippen LogP contribution < -0.4 is 14.4 Å². The molecule has 9 heteroatoms. The molecular formula is C30H37N3O5S. The molecule has 1 atom stereocenters. The summed E-state index contributed by atoms with van der Waals surface area (Å²) in [5.41, 5.74) is 2.76. The Kier molecular flexibility index (Phi) is 9.75. The molecule has 0 radical (unpaired) electrons. The zero-order valence-electron chi connectivity index (χ0n) is 23.3. The first-order chi connectivity index (χ1) is 18.4. The third-order valence-corrected chi connectivity index (χ3v) is 8.13. The van der Waals surface area contributed by atoms with E-state index in [4.69, 9.17) is 4.74 Å². The van der Waals surface area contributed by atoms with Crippen LogP contribution in [0.2, 0.25) is 0 Å². The van der Waals surface area contributed by atoms with E-state index in [2.05, 4.69) is 5.32 Å². The van der Waals surface area contributed by atoms with Crippen molar-refractivity contribution in [1.29, 1.82) is 0 Å². The summed E-state index contributed by atoms with van der Waals surface area (Å²) in [7, 11) is -2.55. The number of methoxy groups -OCH3 is 1.